The van der Waals surface area contributed by atoms with Crippen molar-refractivity contribution in [3.63, 3.8) is 0 Å². The van der Waals surface area contributed by atoms with Gasteiger partial charge in [-0.2, -0.15) is 0 Å². The first-order valence-corrected chi connectivity index (χ1v) is 2.78. The summed E-state index contributed by atoms with van der Waals surface area (Å²) in [6.45, 7) is 2.19. The van der Waals surface area contributed by atoms with Gasteiger partial charge in [-0.05, 0) is 12.8 Å². The van der Waals surface area contributed by atoms with Gasteiger partial charge in [-0.3, -0.25) is 0 Å². The molecule has 0 aromatic rings. The van der Waals surface area contributed by atoms with Crippen molar-refractivity contribution in [2.75, 3.05) is 0 Å². The Bertz CT molecular complexity index is 112. The van der Waals surface area contributed by atoms with E-state index in [4.69, 9.17) is 0 Å². The van der Waals surface area contributed by atoms with E-state index in [1.807, 2.05) is 0 Å². The molecule has 0 aliphatic heterocycles. The van der Waals surface area contributed by atoms with Gasteiger partial charge in [0.25, 0.3) is 0 Å². The van der Waals surface area contributed by atoms with Gasteiger partial charge in [-0.15, -0.1) is 0 Å². The van der Waals surface area contributed by atoms with Gasteiger partial charge in [0.1, 0.15) is 0 Å². The second-order valence-electron chi connectivity index (χ2n) is 1.81. The first-order chi connectivity index (χ1) is 3.43. The van der Waals surface area contributed by atoms with E-state index in [0.29, 0.717) is 0 Å². The first-order valence-electron chi connectivity index (χ1n) is 2.78. The summed E-state index contributed by atoms with van der Waals surface area (Å²) in [4.78, 5) is 0. The molecule has 1 radical (unpaired) electrons. The van der Waals surface area contributed by atoms with Crippen LogP contribution in [0.3, 0.4) is 0 Å². The van der Waals surface area contributed by atoms with Gasteiger partial charge in [0.15, 0.2) is 0 Å². The normalized spacial score (nSPS) is 15.4. The molecule has 39 valence electrons. The molecule has 1 aliphatic rings. The third kappa shape index (κ3) is 2.72. The maximum absolute atomic E-state index is 2.19. The fourth-order valence-electron chi connectivity index (χ4n) is 0.754. The summed E-state index contributed by atoms with van der Waals surface area (Å²) in [6, 6.07) is 0. The molecule has 0 N–H and O–H groups in total. The Balaban J connectivity index is 0.000000490. The van der Waals surface area contributed by atoms with Crippen LogP contribution >= 0.6 is 0 Å². The van der Waals surface area contributed by atoms with Crippen molar-refractivity contribution in [1.82, 2.24) is 0 Å². The SMILES string of the molecule is CCC1=CC=CC1.[Rb]. The molecule has 1 rings (SSSR count). The Hall–Kier alpha value is 1.29. The zero-order valence-electron chi connectivity index (χ0n) is 5.65. The van der Waals surface area contributed by atoms with Crippen molar-refractivity contribution in [3.8, 4) is 0 Å². The molecule has 0 bridgehead atoms. The van der Waals surface area contributed by atoms with Crippen molar-refractivity contribution >= 4 is 58.2 Å². The Kier molecular flexibility index (Phi) is 5.92. The average Bonchev–Trinajstić information content (AvgIpc) is 2.14. The second-order valence-corrected chi connectivity index (χ2v) is 1.81. The summed E-state index contributed by atoms with van der Waals surface area (Å²) >= 11 is 0. The molecule has 0 atom stereocenters. The van der Waals surface area contributed by atoms with E-state index < -0.39 is 0 Å². The van der Waals surface area contributed by atoms with Gasteiger partial charge < -0.3 is 0 Å². The van der Waals surface area contributed by atoms with Crippen molar-refractivity contribution in [3.05, 3.63) is 23.8 Å². The van der Waals surface area contributed by atoms with Gasteiger partial charge >= 0.3 is 0 Å². The second kappa shape index (κ2) is 5.10. The predicted molar refractivity (Wildman–Crippen MR) is 37.9 cm³/mol. The van der Waals surface area contributed by atoms with Crippen LogP contribution in [0.2, 0.25) is 0 Å². The quantitative estimate of drug-likeness (QED) is 0.577. The molecule has 0 aromatic heterocycles. The van der Waals surface area contributed by atoms with Crippen molar-refractivity contribution in [2.45, 2.75) is 19.8 Å². The molecular weight excluding hydrogens is 170 g/mol. The standard InChI is InChI=1S/C7H10.Rb/c1-2-7-5-3-4-6-7;/h3-5H,2,6H2,1H3;. The minimum Gasteiger partial charge on any atom is -0.0805 e. The molecule has 0 fully saturated rings. The number of hydrogen-bond donors (Lipinski definition) is 0. The van der Waals surface area contributed by atoms with Crippen molar-refractivity contribution in [1.29, 1.82) is 0 Å². The van der Waals surface area contributed by atoms with Crippen molar-refractivity contribution in [2.24, 2.45) is 0 Å². The zero-order valence-corrected chi connectivity index (χ0v) is 10.6. The molecule has 0 amide bonds. The van der Waals surface area contributed by atoms with E-state index in [1.165, 1.54) is 12.8 Å². The molecule has 1 aliphatic carbocycles. The van der Waals surface area contributed by atoms with Gasteiger partial charge in [0.05, 0.1) is 0 Å². The Morgan fingerprint density at radius 2 is 2.38 bits per heavy atom. The molecule has 0 saturated heterocycles. The molecule has 0 spiro atoms. The molecule has 0 aromatic carbocycles. The van der Waals surface area contributed by atoms with Crippen LogP contribution in [-0.2, 0) is 0 Å². The third-order valence-corrected chi connectivity index (χ3v) is 1.30. The van der Waals surface area contributed by atoms with E-state index in [2.05, 4.69) is 25.2 Å². The summed E-state index contributed by atoms with van der Waals surface area (Å²) in [6.07, 6.45) is 8.92. The Morgan fingerprint density at radius 1 is 1.62 bits per heavy atom. The van der Waals surface area contributed by atoms with E-state index in [0.717, 1.165) is 0 Å². The third-order valence-electron chi connectivity index (χ3n) is 1.30. The van der Waals surface area contributed by atoms with Crippen LogP contribution < -0.4 is 0 Å². The maximum atomic E-state index is 2.19. The number of hydrogen-bond acceptors (Lipinski definition) is 0. The smallest absolute Gasteiger partial charge is 0 e. The van der Waals surface area contributed by atoms with Crippen molar-refractivity contribution < 1.29 is 0 Å². The van der Waals surface area contributed by atoms with Crippen LogP contribution in [0.5, 0.6) is 0 Å². The summed E-state index contributed by atoms with van der Waals surface area (Å²) in [5, 5.41) is 0. The predicted octanol–water partition coefficient (Wildman–Crippen LogP) is 1.90. The molecule has 8 heavy (non-hydrogen) atoms. The minimum atomic E-state index is 0. The molecular formula is C7H10Rb. The molecule has 1 heteroatoms. The summed E-state index contributed by atoms with van der Waals surface area (Å²) < 4.78 is 0. The Morgan fingerprint density at radius 3 is 2.62 bits per heavy atom. The largest absolute Gasteiger partial charge is 0.0805 e. The summed E-state index contributed by atoms with van der Waals surface area (Å²) in [5.74, 6) is 0. The maximum Gasteiger partial charge on any atom is 0 e. The molecule has 0 unspecified atom stereocenters. The fraction of sp³-hybridized carbons (Fsp3) is 0.429. The summed E-state index contributed by atoms with van der Waals surface area (Å²) in [5.41, 5.74) is 1.56. The van der Waals surface area contributed by atoms with E-state index in [1.54, 1.807) is 5.57 Å². The van der Waals surface area contributed by atoms with Crippen LogP contribution in [0.15, 0.2) is 23.8 Å². The van der Waals surface area contributed by atoms with Gasteiger partial charge in [-0.25, -0.2) is 0 Å². The molecule has 0 saturated carbocycles. The van der Waals surface area contributed by atoms with Crippen LogP contribution in [-0.4, -0.2) is 58.2 Å². The summed E-state index contributed by atoms with van der Waals surface area (Å²) in [7, 11) is 0. The van der Waals surface area contributed by atoms with E-state index >= 15 is 0 Å². The minimum absolute atomic E-state index is 0. The molecule has 0 nitrogen and oxygen atoms in total. The average molecular weight is 180 g/mol. The Labute approximate surface area is 99.8 Å². The monoisotopic (exact) mass is 179 g/mol. The van der Waals surface area contributed by atoms with Gasteiger partial charge in [-0.1, -0.05) is 30.7 Å². The van der Waals surface area contributed by atoms with Crippen LogP contribution in [0.25, 0.3) is 0 Å². The number of allylic oxidation sites excluding steroid dienone is 4. The fourth-order valence-corrected chi connectivity index (χ4v) is 0.754. The first kappa shape index (κ1) is 9.29. The van der Waals surface area contributed by atoms with Crippen LogP contribution in [0, 0.1) is 0 Å². The molecule has 0 heterocycles. The van der Waals surface area contributed by atoms with E-state index in [-0.39, 0.29) is 58.2 Å². The topological polar surface area (TPSA) is 0 Å². The van der Waals surface area contributed by atoms with Gasteiger partial charge in [0.2, 0.25) is 0 Å². The number of rotatable bonds is 1. The van der Waals surface area contributed by atoms with Crippen LogP contribution in [0.4, 0.5) is 0 Å². The van der Waals surface area contributed by atoms with E-state index in [9.17, 15) is 0 Å². The van der Waals surface area contributed by atoms with Crippen LogP contribution in [0.1, 0.15) is 19.8 Å². The van der Waals surface area contributed by atoms with Gasteiger partial charge in [0, 0.05) is 58.2 Å². The zero-order chi connectivity index (χ0) is 5.11.